The van der Waals surface area contributed by atoms with Gasteiger partial charge >= 0.3 is 0 Å². The van der Waals surface area contributed by atoms with E-state index in [9.17, 15) is 15.0 Å². The van der Waals surface area contributed by atoms with E-state index in [0.717, 1.165) is 63.8 Å². The number of likely N-dealkylation sites (N-methyl/N-ethyl adjacent to an activating group) is 1. The zero-order valence-electron chi connectivity index (χ0n) is 40.8. The molecule has 0 radical (unpaired) electrons. The largest absolute Gasteiger partial charge is 0.488 e. The van der Waals surface area contributed by atoms with Crippen molar-refractivity contribution < 1.29 is 24.5 Å². The standard InChI is InChI=1S/C28H39NO3.C27H39NO2.CH4/c1-16-8-9-18-14-20-27-11-10-25(6,19(15-27)26(7,31)24(3,4)5)23-28(27,21(18)22(16)32-23)12-13-29(20)17(2)30;1-16-8-9-17-14-19-26-11-10-24(5,18(15-26)25(6,29)23(2,3)4)22-27(26,12-13-28(19)7)20(17)21(16)30-22;/h8-9,19-20,23,31H,10-15H2,1-7H3;8-9,18-19,22,29H,10-15H2,1-7H3;1H4/t19-,20+,23-,25-,26-,27+,28-;18-,19+,22-,24-,25-,26+,27-;/m00./s1. The Balaban J connectivity index is 0.000000148. The predicted octanol–water partition coefficient (Wildman–Crippen LogP) is 10.3. The minimum atomic E-state index is -0.820. The number of carbonyl (C=O) groups is 1. The van der Waals surface area contributed by atoms with Crippen LogP contribution in [0.5, 0.6) is 11.5 Å². The van der Waals surface area contributed by atoms with Crippen LogP contribution in [-0.2, 0) is 28.5 Å². The van der Waals surface area contributed by atoms with Crippen molar-refractivity contribution in [3.8, 4) is 11.5 Å². The first-order valence-electron chi connectivity index (χ1n) is 24.7. The van der Waals surface area contributed by atoms with Gasteiger partial charge in [0, 0.05) is 69.2 Å². The lowest BCUT2D eigenvalue weighted by molar-refractivity contribution is -0.274. The molecule has 8 aliphatic carbocycles. The Bertz CT molecular complexity index is 2300. The van der Waals surface area contributed by atoms with E-state index in [-0.39, 0.29) is 86.7 Å². The fraction of sp³-hybridized carbons (Fsp3) is 0.768. The van der Waals surface area contributed by atoms with Gasteiger partial charge in [0.1, 0.15) is 23.7 Å². The smallest absolute Gasteiger partial charge is 0.219 e. The number of aryl methyl sites for hydroxylation is 2. The van der Waals surface area contributed by atoms with Crippen LogP contribution < -0.4 is 9.47 Å². The lowest BCUT2D eigenvalue weighted by Crippen LogP contribution is -2.80. The third-order valence-corrected chi connectivity index (χ3v) is 22.5. The summed E-state index contributed by atoms with van der Waals surface area (Å²) in [6, 6.07) is 9.95. The highest BCUT2D eigenvalue weighted by atomic mass is 16.5. The second kappa shape index (κ2) is 12.7. The molecule has 8 fully saturated rings. The lowest BCUT2D eigenvalue weighted by atomic mass is 9.31. The molecule has 8 bridgehead atoms. The van der Waals surface area contributed by atoms with Crippen molar-refractivity contribution >= 4 is 5.91 Å². The monoisotopic (exact) mass is 863 g/mol. The number of ether oxygens (including phenoxy) is 2. The number of benzene rings is 2. The molecular weight excluding hydrogens is 781 g/mol. The summed E-state index contributed by atoms with van der Waals surface area (Å²) >= 11 is 0. The summed E-state index contributed by atoms with van der Waals surface area (Å²) in [5.41, 5.74) is 6.77. The number of hydrogen-bond donors (Lipinski definition) is 2. The van der Waals surface area contributed by atoms with Crippen molar-refractivity contribution in [3.63, 3.8) is 0 Å². The maximum Gasteiger partial charge on any atom is 0.219 e. The maximum atomic E-state index is 12.8. The molecule has 4 heterocycles. The van der Waals surface area contributed by atoms with Crippen LogP contribution in [0.4, 0.5) is 0 Å². The summed E-state index contributed by atoms with van der Waals surface area (Å²) in [6.45, 7) is 30.3. The van der Waals surface area contributed by atoms with Gasteiger partial charge in [0.05, 0.1) is 11.2 Å². The molecule has 2 N–H and O–H groups in total. The number of aliphatic hydroxyl groups is 2. The third kappa shape index (κ3) is 4.73. The lowest BCUT2D eigenvalue weighted by Gasteiger charge is -2.75. The Hall–Kier alpha value is -2.61. The fourth-order valence-electron chi connectivity index (χ4n) is 18.4. The number of carbonyl (C=O) groups excluding carboxylic acids is 1. The van der Waals surface area contributed by atoms with E-state index in [1.165, 1.54) is 52.8 Å². The molecule has 12 aliphatic rings. The molecular formula is C56H82N2O5. The van der Waals surface area contributed by atoms with Crippen molar-refractivity contribution in [2.24, 2.45) is 44.3 Å². The summed E-state index contributed by atoms with van der Waals surface area (Å²) in [7, 11) is 2.34. The van der Waals surface area contributed by atoms with Crippen LogP contribution in [0.3, 0.4) is 0 Å². The number of likely N-dealkylation sites (tertiary alicyclic amines) is 2. The summed E-state index contributed by atoms with van der Waals surface area (Å²) in [5, 5.41) is 24.1. The van der Waals surface area contributed by atoms with Gasteiger partial charge < -0.3 is 29.5 Å². The second-order valence-electron chi connectivity index (χ2n) is 26.2. The highest BCUT2D eigenvalue weighted by Gasteiger charge is 2.82. The minimum Gasteiger partial charge on any atom is -0.488 e. The molecule has 7 nitrogen and oxygen atoms in total. The van der Waals surface area contributed by atoms with Crippen molar-refractivity contribution in [2.45, 2.75) is 208 Å². The summed E-state index contributed by atoms with van der Waals surface area (Å²) in [6.07, 6.45) is 11.3. The molecule has 2 aromatic rings. The molecule has 2 aromatic carbocycles. The van der Waals surface area contributed by atoms with Gasteiger partial charge in [0.15, 0.2) is 0 Å². The first kappa shape index (κ1) is 44.2. The van der Waals surface area contributed by atoms with Crippen LogP contribution in [0.2, 0.25) is 0 Å². The first-order chi connectivity index (χ1) is 28.7. The number of piperidine rings is 2. The molecule has 1 amide bonds. The Labute approximate surface area is 380 Å². The number of rotatable bonds is 2. The first-order valence-corrected chi connectivity index (χ1v) is 24.7. The van der Waals surface area contributed by atoms with Gasteiger partial charge in [-0.1, -0.05) is 87.1 Å². The van der Waals surface area contributed by atoms with E-state index in [0.29, 0.717) is 6.04 Å². The zero-order chi connectivity index (χ0) is 44.5. The van der Waals surface area contributed by atoms with Crippen molar-refractivity contribution in [2.75, 3.05) is 20.1 Å². The second-order valence-corrected chi connectivity index (χ2v) is 26.2. The van der Waals surface area contributed by atoms with Crippen LogP contribution in [0, 0.1) is 58.2 Å². The summed E-state index contributed by atoms with van der Waals surface area (Å²) in [5.74, 6) is 2.91. The van der Waals surface area contributed by atoms with Gasteiger partial charge in [-0.2, -0.15) is 0 Å². The number of fused-ring (bicyclic) bond motifs is 4. The van der Waals surface area contributed by atoms with Gasteiger partial charge in [0.25, 0.3) is 0 Å². The van der Waals surface area contributed by atoms with E-state index in [1.54, 1.807) is 12.5 Å². The van der Waals surface area contributed by atoms with Gasteiger partial charge in [-0.25, -0.2) is 0 Å². The molecule has 7 heteroatoms. The average Bonchev–Trinajstić information content (AvgIpc) is 3.75. The Kier molecular flexibility index (Phi) is 8.90. The van der Waals surface area contributed by atoms with Crippen LogP contribution in [0.25, 0.3) is 0 Å². The minimum absolute atomic E-state index is 0. The molecule has 0 aromatic heterocycles. The average molecular weight is 863 g/mol. The molecule has 63 heavy (non-hydrogen) atoms. The van der Waals surface area contributed by atoms with E-state index in [2.05, 4.69) is 124 Å². The Morgan fingerprint density at radius 3 is 1.49 bits per heavy atom. The Morgan fingerprint density at radius 2 is 1.06 bits per heavy atom. The molecule has 0 unspecified atom stereocenters. The predicted molar refractivity (Wildman–Crippen MR) is 251 cm³/mol. The molecule has 346 valence electrons. The van der Waals surface area contributed by atoms with Crippen LogP contribution >= 0.6 is 0 Å². The van der Waals surface area contributed by atoms with Crippen LogP contribution in [-0.4, -0.2) is 81.6 Å². The van der Waals surface area contributed by atoms with Crippen molar-refractivity contribution in [3.05, 3.63) is 57.6 Å². The van der Waals surface area contributed by atoms with Gasteiger partial charge in [-0.3, -0.25) is 4.79 Å². The normalized spacial score (nSPS) is 43.5. The maximum absolute atomic E-state index is 12.8. The quantitative estimate of drug-likeness (QED) is 0.313. The highest BCUT2D eigenvalue weighted by Crippen LogP contribution is 2.81. The fourth-order valence-corrected chi connectivity index (χ4v) is 18.4. The van der Waals surface area contributed by atoms with E-state index >= 15 is 0 Å². The van der Waals surface area contributed by atoms with E-state index < -0.39 is 11.2 Å². The van der Waals surface area contributed by atoms with Crippen molar-refractivity contribution in [1.29, 1.82) is 0 Å². The van der Waals surface area contributed by atoms with E-state index in [1.807, 2.05) is 0 Å². The van der Waals surface area contributed by atoms with Crippen LogP contribution in [0.15, 0.2) is 24.3 Å². The SMILES string of the molecule is C.CC(=O)N1CC[C@]23c4c5ccc(C)c4O[C@H]2[C@@]2(C)CC[C@@]3(C[C@@H]2[C@](C)(O)C(C)(C)C)[C@H]1C5.Cc1ccc2c3c1O[C@H]1[C@@]4(C)CC[C@@]5(C[C@@H]4[C@](C)(O)C(C)(C)C)[C@@H](C2)N(C)CC[C@]315. The number of amides is 1. The molecule has 14 rings (SSSR count). The number of nitrogens with zero attached hydrogens (tertiary/aromatic N) is 2. The Morgan fingerprint density at radius 1 is 0.651 bits per heavy atom. The molecule has 2 saturated heterocycles. The summed E-state index contributed by atoms with van der Waals surface area (Å²) < 4.78 is 14.1. The molecule has 4 spiro atoms. The van der Waals surface area contributed by atoms with E-state index in [4.69, 9.17) is 9.47 Å². The topological polar surface area (TPSA) is 82.5 Å². The highest BCUT2D eigenvalue weighted by molar-refractivity contribution is 5.75. The van der Waals surface area contributed by atoms with Gasteiger partial charge in [0.2, 0.25) is 5.91 Å². The molecule has 6 saturated carbocycles. The van der Waals surface area contributed by atoms with Crippen LogP contribution in [0.1, 0.15) is 168 Å². The van der Waals surface area contributed by atoms with Crippen molar-refractivity contribution in [1.82, 2.24) is 9.80 Å². The molecule has 4 aliphatic heterocycles. The van der Waals surface area contributed by atoms with Gasteiger partial charge in [-0.15, -0.1) is 0 Å². The third-order valence-electron chi connectivity index (χ3n) is 22.5. The summed E-state index contributed by atoms with van der Waals surface area (Å²) in [4.78, 5) is 17.7. The van der Waals surface area contributed by atoms with Gasteiger partial charge in [-0.05, 0) is 150 Å². The molecule has 14 atom stereocenters. The number of hydrogen-bond acceptors (Lipinski definition) is 6. The zero-order valence-corrected chi connectivity index (χ0v) is 40.8.